The van der Waals surface area contributed by atoms with Crippen LogP contribution in [0.15, 0.2) is 5.38 Å². The molecule has 2 aliphatic rings. The average molecular weight is 279 g/mol. The van der Waals surface area contributed by atoms with E-state index in [2.05, 4.69) is 9.88 Å². The van der Waals surface area contributed by atoms with Gasteiger partial charge in [0.15, 0.2) is 0 Å². The lowest BCUT2D eigenvalue weighted by Crippen LogP contribution is -2.51. The Labute approximate surface area is 118 Å². The van der Waals surface area contributed by atoms with E-state index >= 15 is 0 Å². The molecule has 0 bridgehead atoms. The quantitative estimate of drug-likeness (QED) is 0.832. The zero-order chi connectivity index (χ0) is 13.2. The van der Waals surface area contributed by atoms with Crippen molar-refractivity contribution < 1.29 is 4.79 Å². The first-order valence-electron chi connectivity index (χ1n) is 7.19. The van der Waals surface area contributed by atoms with Crippen molar-refractivity contribution in [1.29, 1.82) is 0 Å². The summed E-state index contributed by atoms with van der Waals surface area (Å²) in [4.78, 5) is 21.1. The van der Waals surface area contributed by atoms with Crippen LogP contribution in [0.4, 0.5) is 0 Å². The fourth-order valence-electron chi connectivity index (χ4n) is 3.18. The van der Waals surface area contributed by atoms with Gasteiger partial charge in [0.05, 0.1) is 5.01 Å². The molecule has 3 rings (SSSR count). The Morgan fingerprint density at radius 1 is 1.26 bits per heavy atom. The van der Waals surface area contributed by atoms with Gasteiger partial charge >= 0.3 is 0 Å². The first-order chi connectivity index (χ1) is 9.24. The highest BCUT2D eigenvalue weighted by Crippen LogP contribution is 2.24. The molecule has 1 aromatic rings. The minimum absolute atomic E-state index is 0.107. The number of hydrogen-bond donors (Lipinski definition) is 0. The number of hydrogen-bond acceptors (Lipinski definition) is 4. The summed E-state index contributed by atoms with van der Waals surface area (Å²) in [5.74, 6) is 0.107. The van der Waals surface area contributed by atoms with Crippen LogP contribution in [0.2, 0.25) is 0 Å². The van der Waals surface area contributed by atoms with Crippen molar-refractivity contribution in [3.05, 3.63) is 16.1 Å². The van der Waals surface area contributed by atoms with Crippen molar-refractivity contribution in [3.63, 3.8) is 0 Å². The smallest absolute Gasteiger partial charge is 0.273 e. The molecule has 0 aromatic carbocycles. The molecule has 0 atom stereocenters. The van der Waals surface area contributed by atoms with Crippen LogP contribution in [0.1, 0.15) is 41.2 Å². The molecular weight excluding hydrogens is 258 g/mol. The van der Waals surface area contributed by atoms with Crippen molar-refractivity contribution in [2.45, 2.75) is 38.6 Å². The zero-order valence-electron chi connectivity index (χ0n) is 11.5. The molecule has 1 saturated carbocycles. The Hall–Kier alpha value is -0.940. The second-order valence-corrected chi connectivity index (χ2v) is 6.58. The summed E-state index contributed by atoms with van der Waals surface area (Å²) in [5, 5.41) is 2.84. The van der Waals surface area contributed by atoms with Gasteiger partial charge in [0.1, 0.15) is 5.69 Å². The summed E-state index contributed by atoms with van der Waals surface area (Å²) in [6.45, 7) is 5.70. The van der Waals surface area contributed by atoms with Crippen LogP contribution in [0, 0.1) is 6.92 Å². The summed E-state index contributed by atoms with van der Waals surface area (Å²) in [6.07, 6.45) is 5.45. The van der Waals surface area contributed by atoms with E-state index in [1.165, 1.54) is 25.7 Å². The van der Waals surface area contributed by atoms with Gasteiger partial charge in [-0.25, -0.2) is 4.98 Å². The number of aryl methyl sites for hydroxylation is 1. The van der Waals surface area contributed by atoms with Crippen LogP contribution in [0.25, 0.3) is 0 Å². The maximum atomic E-state index is 12.3. The summed E-state index contributed by atoms with van der Waals surface area (Å²) in [5.41, 5.74) is 0.622. The van der Waals surface area contributed by atoms with E-state index in [0.717, 1.165) is 37.2 Å². The van der Waals surface area contributed by atoms with E-state index in [1.54, 1.807) is 11.3 Å². The molecule has 1 saturated heterocycles. The molecule has 4 nitrogen and oxygen atoms in total. The van der Waals surface area contributed by atoms with Crippen LogP contribution in [0.5, 0.6) is 0 Å². The molecule has 2 heterocycles. The third-order valence-electron chi connectivity index (χ3n) is 4.28. The van der Waals surface area contributed by atoms with Crippen LogP contribution in [0.3, 0.4) is 0 Å². The molecule has 1 aliphatic carbocycles. The number of nitrogens with zero attached hydrogens (tertiary/aromatic N) is 3. The Morgan fingerprint density at radius 2 is 1.95 bits per heavy atom. The molecule has 2 fully saturated rings. The Bertz CT molecular complexity index is 445. The molecule has 0 N–H and O–H groups in total. The van der Waals surface area contributed by atoms with Gasteiger partial charge in [0.2, 0.25) is 0 Å². The summed E-state index contributed by atoms with van der Waals surface area (Å²) < 4.78 is 0. The Kier molecular flexibility index (Phi) is 3.84. The highest BCUT2D eigenvalue weighted by Gasteiger charge is 2.28. The standard InChI is InChI=1S/C14H21N3OS/c1-11-15-13(10-19-11)14(18)17-8-6-16(7-9-17)12-4-2-3-5-12/h10,12H,2-9H2,1H3. The molecule has 0 unspecified atom stereocenters. The van der Waals surface area contributed by atoms with Gasteiger partial charge < -0.3 is 4.90 Å². The predicted octanol–water partition coefficient (Wildman–Crippen LogP) is 2.15. The molecule has 0 radical (unpaired) electrons. The number of rotatable bonds is 2. The molecule has 1 amide bonds. The van der Waals surface area contributed by atoms with E-state index in [-0.39, 0.29) is 5.91 Å². The lowest BCUT2D eigenvalue weighted by Gasteiger charge is -2.37. The van der Waals surface area contributed by atoms with Crippen molar-refractivity contribution in [2.24, 2.45) is 0 Å². The fraction of sp³-hybridized carbons (Fsp3) is 0.714. The number of thiazole rings is 1. The van der Waals surface area contributed by atoms with Crippen molar-refractivity contribution in [1.82, 2.24) is 14.8 Å². The van der Waals surface area contributed by atoms with Gasteiger partial charge in [-0.3, -0.25) is 9.69 Å². The van der Waals surface area contributed by atoms with Crippen LogP contribution >= 0.6 is 11.3 Å². The predicted molar refractivity (Wildman–Crippen MR) is 76.6 cm³/mol. The first kappa shape index (κ1) is 13.1. The number of aromatic nitrogens is 1. The molecule has 19 heavy (non-hydrogen) atoms. The number of carbonyl (C=O) groups is 1. The highest BCUT2D eigenvalue weighted by atomic mass is 32.1. The molecule has 1 aliphatic heterocycles. The molecule has 0 spiro atoms. The minimum atomic E-state index is 0.107. The minimum Gasteiger partial charge on any atom is -0.335 e. The molecule has 5 heteroatoms. The second-order valence-electron chi connectivity index (χ2n) is 5.52. The third-order valence-corrected chi connectivity index (χ3v) is 5.05. The maximum Gasteiger partial charge on any atom is 0.273 e. The SMILES string of the molecule is Cc1nc(C(=O)N2CCN(C3CCCC3)CC2)cs1. The van der Waals surface area contributed by atoms with Gasteiger partial charge in [0, 0.05) is 37.6 Å². The van der Waals surface area contributed by atoms with Gasteiger partial charge in [-0.15, -0.1) is 11.3 Å². The first-order valence-corrected chi connectivity index (χ1v) is 8.07. The molecule has 104 valence electrons. The average Bonchev–Trinajstić information content (AvgIpc) is 3.09. The largest absolute Gasteiger partial charge is 0.335 e. The number of piperazine rings is 1. The second kappa shape index (κ2) is 5.59. The number of carbonyl (C=O) groups excluding carboxylic acids is 1. The monoisotopic (exact) mass is 279 g/mol. The van der Waals surface area contributed by atoms with Gasteiger partial charge in [0.25, 0.3) is 5.91 Å². The fourth-order valence-corrected chi connectivity index (χ4v) is 3.77. The van der Waals surface area contributed by atoms with Crippen molar-refractivity contribution >= 4 is 17.2 Å². The summed E-state index contributed by atoms with van der Waals surface area (Å²) in [6, 6.07) is 0.777. The van der Waals surface area contributed by atoms with Crippen LogP contribution in [-0.4, -0.2) is 52.9 Å². The van der Waals surface area contributed by atoms with Crippen LogP contribution < -0.4 is 0 Å². The van der Waals surface area contributed by atoms with Crippen molar-refractivity contribution in [2.75, 3.05) is 26.2 Å². The van der Waals surface area contributed by atoms with E-state index in [0.29, 0.717) is 5.69 Å². The van der Waals surface area contributed by atoms with E-state index in [1.807, 2.05) is 17.2 Å². The summed E-state index contributed by atoms with van der Waals surface area (Å²) >= 11 is 1.55. The topological polar surface area (TPSA) is 36.4 Å². The number of amides is 1. The van der Waals surface area contributed by atoms with Gasteiger partial charge in [-0.05, 0) is 19.8 Å². The summed E-state index contributed by atoms with van der Waals surface area (Å²) in [7, 11) is 0. The lowest BCUT2D eigenvalue weighted by atomic mass is 10.2. The van der Waals surface area contributed by atoms with Crippen molar-refractivity contribution in [3.8, 4) is 0 Å². The van der Waals surface area contributed by atoms with E-state index < -0.39 is 0 Å². The van der Waals surface area contributed by atoms with Gasteiger partial charge in [-0.1, -0.05) is 12.8 Å². The van der Waals surface area contributed by atoms with E-state index in [9.17, 15) is 4.79 Å². The third kappa shape index (κ3) is 2.82. The van der Waals surface area contributed by atoms with Crippen LogP contribution in [-0.2, 0) is 0 Å². The maximum absolute atomic E-state index is 12.3. The van der Waals surface area contributed by atoms with E-state index in [4.69, 9.17) is 0 Å². The van der Waals surface area contributed by atoms with Gasteiger partial charge in [-0.2, -0.15) is 0 Å². The normalized spacial score (nSPS) is 22.1. The lowest BCUT2D eigenvalue weighted by molar-refractivity contribution is 0.0568. The Morgan fingerprint density at radius 3 is 2.53 bits per heavy atom. The zero-order valence-corrected chi connectivity index (χ0v) is 12.3. The molecule has 1 aromatic heterocycles. The highest BCUT2D eigenvalue weighted by molar-refractivity contribution is 7.09. The molecular formula is C14H21N3OS. The Balaban J connectivity index is 1.56.